The first kappa shape index (κ1) is 53.8. The summed E-state index contributed by atoms with van der Waals surface area (Å²) in [6, 6.07) is -2.07. The maximum absolute atomic E-state index is 12.7. The summed E-state index contributed by atoms with van der Waals surface area (Å²) in [4.78, 5) is 105. The summed E-state index contributed by atoms with van der Waals surface area (Å²) in [5.41, 5.74) is 18.3. The number of rotatable bonds is 25. The summed E-state index contributed by atoms with van der Waals surface area (Å²) in [6.07, 6.45) is -7.59. The monoisotopic (exact) mass is 1010 g/mol. The molecule has 0 bridgehead atoms. The predicted octanol–water partition coefficient (Wildman–Crippen LogP) is -3.24. The number of aromatic nitrogens is 4. The molecule has 2 aromatic rings. The molecule has 16 N–H and O–H groups in total. The number of carbonyl (C=O) groups excluding carboxylic acids is 3. The van der Waals surface area contributed by atoms with Gasteiger partial charge in [0.25, 0.3) is 0 Å². The minimum absolute atomic E-state index is 0.0158. The molecular formula is C29H49N10O20P3S2. The second-order valence-electron chi connectivity index (χ2n) is 14.5. The number of carbonyl (C=O) groups is 4. The summed E-state index contributed by atoms with van der Waals surface area (Å²) in [6.45, 7) is 0.171. The molecule has 2 saturated heterocycles. The van der Waals surface area contributed by atoms with Gasteiger partial charge in [-0.1, -0.05) is 25.6 Å². The number of nitrogen functional groups attached to an aromatic ring is 1. The number of thioether (sulfide) groups is 2. The van der Waals surface area contributed by atoms with Crippen molar-refractivity contribution in [1.29, 1.82) is 0 Å². The Morgan fingerprint density at radius 1 is 1.06 bits per heavy atom. The molecule has 30 nitrogen and oxygen atoms in total. The molecule has 2 fully saturated rings. The largest absolute Gasteiger partial charge is 0.481 e. The number of fused-ring (bicyclic) bond motifs is 1. The van der Waals surface area contributed by atoms with Crippen molar-refractivity contribution in [2.75, 3.05) is 43.5 Å². The number of hydrogen-bond acceptors (Lipinski definition) is 24. The number of aliphatic hydroxyl groups is 2. The maximum atomic E-state index is 12.7. The average Bonchev–Trinajstić information content (AvgIpc) is 3.93. The quantitative estimate of drug-likeness (QED) is 0.0343. The third-order valence-electron chi connectivity index (χ3n) is 9.01. The number of hydrogen-bond donors (Lipinski definition) is 13. The first-order chi connectivity index (χ1) is 29.7. The van der Waals surface area contributed by atoms with Gasteiger partial charge in [0.15, 0.2) is 17.7 Å². The number of carboxylic acids is 1. The second-order valence-corrected chi connectivity index (χ2v) is 21.1. The molecule has 2 aliphatic heterocycles. The zero-order valence-electron chi connectivity index (χ0n) is 33.6. The molecule has 2 amide bonds. The number of nitrogens with two attached hydrogens (primary N) is 3. The molecule has 0 saturated carbocycles. The van der Waals surface area contributed by atoms with E-state index in [0.29, 0.717) is 6.42 Å². The number of imidazole rings is 1. The third kappa shape index (κ3) is 15.7. The van der Waals surface area contributed by atoms with E-state index in [2.05, 4.69) is 39.9 Å². The fraction of sp³-hybridized carbons (Fsp3) is 0.690. The minimum Gasteiger partial charge on any atom is -0.480 e. The molecule has 0 aromatic carbocycles. The number of nitrogens with one attached hydrogen (secondary N) is 3. The number of aliphatic carboxylic acids is 1. The van der Waals surface area contributed by atoms with Crippen LogP contribution in [0.2, 0.25) is 0 Å². The Morgan fingerprint density at radius 3 is 2.42 bits per heavy atom. The number of carboxylic acid groups (broad SMARTS) is 1. The van der Waals surface area contributed by atoms with E-state index in [4.69, 9.17) is 40.9 Å². The van der Waals surface area contributed by atoms with Crippen LogP contribution in [0.5, 0.6) is 0 Å². The number of phosphoric acid groups is 3. The van der Waals surface area contributed by atoms with Crippen LogP contribution < -0.4 is 33.3 Å². The first-order valence-corrected chi connectivity index (χ1v) is 25.1. The summed E-state index contributed by atoms with van der Waals surface area (Å²) in [5.74, 6) is -2.44. The summed E-state index contributed by atoms with van der Waals surface area (Å²) >= 11 is 2.14. The zero-order chi connectivity index (χ0) is 47.8. The van der Waals surface area contributed by atoms with E-state index in [9.17, 15) is 62.7 Å². The Balaban J connectivity index is 1.16. The molecular weight excluding hydrogens is 965 g/mol. The van der Waals surface area contributed by atoms with Gasteiger partial charge < -0.3 is 67.5 Å². The van der Waals surface area contributed by atoms with Crippen LogP contribution >= 0.6 is 47.0 Å². The number of nitrogens with zero attached hydrogens (tertiary/aromatic N) is 4. The van der Waals surface area contributed by atoms with Crippen LogP contribution in [0.25, 0.3) is 11.2 Å². The number of aliphatic hydroxyl groups excluding tert-OH is 2. The molecule has 64 heavy (non-hydrogen) atoms. The fourth-order valence-corrected chi connectivity index (χ4v) is 10.3. The van der Waals surface area contributed by atoms with Crippen molar-refractivity contribution in [3.63, 3.8) is 0 Å². The van der Waals surface area contributed by atoms with E-state index in [1.54, 1.807) is 0 Å². The first-order valence-electron chi connectivity index (χ1n) is 18.5. The highest BCUT2D eigenvalue weighted by Crippen LogP contribution is 2.61. The van der Waals surface area contributed by atoms with E-state index < -0.39 is 109 Å². The molecule has 0 radical (unpaired) electrons. The van der Waals surface area contributed by atoms with E-state index >= 15 is 0 Å². The zero-order valence-corrected chi connectivity index (χ0v) is 37.9. The Morgan fingerprint density at radius 2 is 1.75 bits per heavy atom. The third-order valence-corrected chi connectivity index (χ3v) is 14.3. The molecule has 35 heteroatoms. The van der Waals surface area contributed by atoms with Gasteiger partial charge in [0.05, 0.1) is 31.0 Å². The van der Waals surface area contributed by atoms with Crippen molar-refractivity contribution in [3.8, 4) is 0 Å². The molecule has 4 heterocycles. The lowest BCUT2D eigenvalue weighted by molar-refractivity contribution is -0.142. The molecule has 2 aliphatic rings. The van der Waals surface area contributed by atoms with Gasteiger partial charge in [-0.2, -0.15) is 9.79 Å². The van der Waals surface area contributed by atoms with E-state index in [1.807, 2.05) is 0 Å². The van der Waals surface area contributed by atoms with E-state index in [1.165, 1.54) is 25.6 Å². The average molecular weight is 1010 g/mol. The Bertz CT molecular complexity index is 2120. The van der Waals surface area contributed by atoms with Crippen LogP contribution in [0.15, 0.2) is 12.7 Å². The smallest absolute Gasteiger partial charge is 0.480 e. The molecule has 11 unspecified atom stereocenters. The highest BCUT2D eigenvalue weighted by molar-refractivity contribution is 8.13. The number of phosphoric ester groups is 3. The van der Waals surface area contributed by atoms with Crippen LogP contribution in [0, 0.1) is 5.41 Å². The molecule has 11 atom stereocenters. The van der Waals surface area contributed by atoms with Crippen LogP contribution in [-0.2, 0) is 60.3 Å². The summed E-state index contributed by atoms with van der Waals surface area (Å²) in [5, 5.41) is 34.7. The number of anilines is 1. The van der Waals surface area contributed by atoms with E-state index in [-0.39, 0.29) is 58.5 Å². The van der Waals surface area contributed by atoms with Gasteiger partial charge in [-0.05, 0) is 0 Å². The van der Waals surface area contributed by atoms with Gasteiger partial charge in [0.1, 0.15) is 48.4 Å². The number of amides is 2. The van der Waals surface area contributed by atoms with Crippen molar-refractivity contribution >= 4 is 86.9 Å². The van der Waals surface area contributed by atoms with Gasteiger partial charge in [-0.3, -0.25) is 42.2 Å². The molecule has 0 spiro atoms. The highest BCUT2D eigenvalue weighted by atomic mass is 32.2. The highest BCUT2D eigenvalue weighted by Gasteiger charge is 2.50. The normalized spacial score (nSPS) is 25.0. The predicted molar refractivity (Wildman–Crippen MR) is 220 cm³/mol. The molecule has 2 aromatic heterocycles. The number of ether oxygens (including phenoxy) is 1. The Kier molecular flexibility index (Phi) is 19.2. The van der Waals surface area contributed by atoms with Crippen molar-refractivity contribution in [1.82, 2.24) is 35.6 Å². The second kappa shape index (κ2) is 22.8. The number of hydroxylamine groups is 1. The Labute approximate surface area is 370 Å². The topological polar surface area (TPSA) is 474 Å². The lowest BCUT2D eigenvalue weighted by atomic mass is 9.87. The van der Waals surface area contributed by atoms with Crippen LogP contribution in [0.1, 0.15) is 32.9 Å². The van der Waals surface area contributed by atoms with Crippen molar-refractivity contribution in [2.45, 2.75) is 80.9 Å². The van der Waals surface area contributed by atoms with Crippen LogP contribution in [0.3, 0.4) is 0 Å². The van der Waals surface area contributed by atoms with E-state index in [0.717, 1.165) is 29.0 Å². The SMILES string of the molecule is CC(C)(COP(=O)(O)OP(=O)(O)OCC1OC(n2cnc3c(N)ncnc32)C(O)C1OP(=O)(O)O)C(O)C(=O)NCCC(=O)NCCSC(=O)C(N)CSC1CC(C(N)C(=O)O)ON1. The standard InChI is InChI=1S/C29H49N10O20P3S2/c1-29(2,22(42)25(43)34-4-3-16(40)33-5-6-63-28(46)13(30)9-64-17-7-14(57-38-17)18(31)27(44)45)10-55-62(52,53)59-61(50,51)54-8-15-21(58-60(47,48)49)20(41)26(56-15)39-12-37-19-23(32)35-11-36-24(19)39/h11-15,17-18,20-22,26,38,41-42H,3-10,30-31H2,1-2H3,(H,33,40)(H,34,43)(H,44,45)(H,50,51)(H,52,53)(H2,32,35,36)(H2,47,48,49). The maximum Gasteiger partial charge on any atom is 0.481 e. The molecule has 362 valence electrons. The van der Waals surface area contributed by atoms with Crippen LogP contribution in [0.4, 0.5) is 5.82 Å². The molecule has 4 rings (SSSR count). The minimum atomic E-state index is -5.61. The van der Waals surface area contributed by atoms with Crippen molar-refractivity contribution in [2.24, 2.45) is 16.9 Å². The molecule has 0 aliphatic carbocycles. The van der Waals surface area contributed by atoms with Crippen molar-refractivity contribution < 1.29 is 95.2 Å². The fourth-order valence-electron chi connectivity index (χ4n) is 5.63. The lowest BCUT2D eigenvalue weighted by Gasteiger charge is -2.30. The van der Waals surface area contributed by atoms with Gasteiger partial charge in [0.2, 0.25) is 16.9 Å². The lowest BCUT2D eigenvalue weighted by Crippen LogP contribution is -2.46. The van der Waals surface area contributed by atoms with Gasteiger partial charge in [-0.15, -0.1) is 11.8 Å². The van der Waals surface area contributed by atoms with Gasteiger partial charge in [0, 0.05) is 42.9 Å². The van der Waals surface area contributed by atoms with Gasteiger partial charge >= 0.3 is 29.4 Å². The van der Waals surface area contributed by atoms with Gasteiger partial charge in [-0.25, -0.2) is 28.6 Å². The summed E-state index contributed by atoms with van der Waals surface area (Å²) in [7, 11) is -16.5. The summed E-state index contributed by atoms with van der Waals surface area (Å²) < 4.78 is 62.2. The Hall–Kier alpha value is -2.78. The van der Waals surface area contributed by atoms with Crippen molar-refractivity contribution in [3.05, 3.63) is 12.7 Å². The van der Waals surface area contributed by atoms with Crippen LogP contribution in [-0.4, -0.2) is 163 Å².